The van der Waals surface area contributed by atoms with Gasteiger partial charge in [-0.3, -0.25) is 24.0 Å². The summed E-state index contributed by atoms with van der Waals surface area (Å²) in [6.07, 6.45) is 28.1. The SMILES string of the molecule is [2H]C([2H])([2H])C(=O)O[C@H]1CC[C@@H](CCCCCCCCCCC(C)CC(CCCCCCCCCC[C@@H]2CC[C@H](OC(=O)C([2H])([2H])[2H])[C@H](C)N2C(C)=O)CCCCN(C)C(=O)C([2H])([2H])[2H])N(C(C)=O)[C@H]1C. The summed E-state index contributed by atoms with van der Waals surface area (Å²) >= 11 is 0. The first-order valence-electron chi connectivity index (χ1n) is 29.0. The molecular formula is C51H93N3O7. The topological polar surface area (TPSA) is 114 Å². The second-order valence-electron chi connectivity index (χ2n) is 18.9. The summed E-state index contributed by atoms with van der Waals surface area (Å²) in [7, 11) is 1.58. The van der Waals surface area contributed by atoms with Gasteiger partial charge in [0.2, 0.25) is 17.7 Å². The molecule has 0 radical (unpaired) electrons. The van der Waals surface area contributed by atoms with E-state index in [1.165, 1.54) is 102 Å². The minimum absolute atomic E-state index is 0.0666. The molecule has 2 unspecified atom stereocenters. The smallest absolute Gasteiger partial charge is 0.302 e. The highest BCUT2D eigenvalue weighted by Crippen LogP contribution is 2.31. The van der Waals surface area contributed by atoms with Gasteiger partial charge in [0, 0.05) is 72.4 Å². The molecule has 10 heteroatoms. The molecule has 8 atom stereocenters. The number of ether oxygens (including phenoxy) is 2. The van der Waals surface area contributed by atoms with Gasteiger partial charge >= 0.3 is 11.9 Å². The molecule has 0 spiro atoms. The number of nitrogens with zero attached hydrogens (tertiary/aromatic N) is 3. The Kier molecular flexibility index (Phi) is 21.0. The van der Waals surface area contributed by atoms with E-state index >= 15 is 0 Å². The number of piperidine rings is 2. The molecule has 2 aliphatic heterocycles. The lowest BCUT2D eigenvalue weighted by Crippen LogP contribution is -2.55. The summed E-state index contributed by atoms with van der Waals surface area (Å²) in [6, 6.07) is -0.578. The molecular weight excluding hydrogens is 767 g/mol. The van der Waals surface area contributed by atoms with Crippen molar-refractivity contribution >= 4 is 29.7 Å². The van der Waals surface area contributed by atoms with Gasteiger partial charge in [0.05, 0.1) is 12.1 Å². The molecule has 0 bridgehead atoms. The first-order valence-corrected chi connectivity index (χ1v) is 24.5. The third kappa shape index (κ3) is 22.5. The Bertz CT molecular complexity index is 1560. The molecule has 2 heterocycles. The van der Waals surface area contributed by atoms with E-state index in [1.54, 1.807) is 16.8 Å². The molecule has 354 valence electrons. The van der Waals surface area contributed by atoms with Crippen LogP contribution < -0.4 is 0 Å². The van der Waals surface area contributed by atoms with Crippen molar-refractivity contribution in [3.05, 3.63) is 0 Å². The fourth-order valence-electron chi connectivity index (χ4n) is 10.5. The average molecular weight is 869 g/mol. The van der Waals surface area contributed by atoms with E-state index in [0.717, 1.165) is 70.6 Å². The van der Waals surface area contributed by atoms with Crippen molar-refractivity contribution < 1.29 is 45.8 Å². The molecule has 61 heavy (non-hydrogen) atoms. The molecule has 0 aromatic carbocycles. The standard InChI is InChI=1S/C51H93N3O7/c1-39(28-22-18-14-10-12-16-20-24-31-48-33-35-50(60-45(7)58)40(2)53(48)43(5)56)38-47(30-26-27-37-52(9)42(4)55)29-23-19-15-11-13-17-21-25-32-49-34-36-51(61-46(8)59)41(3)54(49)44(6)57/h39-41,47-51H,10-38H2,1-9H3/t39?,40-,41-,47?,48+,49+,50-,51-/m0/s1/i4D3,7D3,8D3. The molecule has 0 aliphatic carbocycles. The van der Waals surface area contributed by atoms with Crippen LogP contribution in [0.3, 0.4) is 0 Å². The van der Waals surface area contributed by atoms with Crippen molar-refractivity contribution in [2.24, 2.45) is 11.8 Å². The maximum atomic E-state index is 12.6. The van der Waals surface area contributed by atoms with Crippen LogP contribution in [0.25, 0.3) is 0 Å². The molecule has 0 saturated carbocycles. The minimum atomic E-state index is -2.81. The number of esters is 2. The van der Waals surface area contributed by atoms with Crippen molar-refractivity contribution in [2.45, 2.75) is 271 Å². The molecule has 0 aromatic rings. The van der Waals surface area contributed by atoms with Crippen molar-refractivity contribution in [3.8, 4) is 0 Å². The van der Waals surface area contributed by atoms with Crippen LogP contribution >= 0.6 is 0 Å². The van der Waals surface area contributed by atoms with Gasteiger partial charge in [0.1, 0.15) is 12.2 Å². The van der Waals surface area contributed by atoms with Gasteiger partial charge in [0.15, 0.2) is 0 Å². The van der Waals surface area contributed by atoms with Crippen molar-refractivity contribution in [1.82, 2.24) is 14.7 Å². The van der Waals surface area contributed by atoms with E-state index in [2.05, 4.69) is 6.92 Å². The number of unbranched alkanes of at least 4 members (excludes halogenated alkanes) is 15. The Morgan fingerprint density at radius 2 is 0.967 bits per heavy atom. The van der Waals surface area contributed by atoms with E-state index < -0.39 is 50.6 Å². The lowest BCUT2D eigenvalue weighted by molar-refractivity contribution is -0.159. The predicted molar refractivity (Wildman–Crippen MR) is 248 cm³/mol. The molecule has 0 N–H and O–H groups in total. The minimum Gasteiger partial charge on any atom is -0.460 e. The molecule has 2 rings (SSSR count). The van der Waals surface area contributed by atoms with E-state index in [-0.39, 0.29) is 36.0 Å². The van der Waals surface area contributed by atoms with E-state index in [1.807, 2.05) is 13.8 Å². The van der Waals surface area contributed by atoms with Crippen LogP contribution in [0.4, 0.5) is 0 Å². The predicted octanol–water partition coefficient (Wildman–Crippen LogP) is 11.7. The second-order valence-corrected chi connectivity index (χ2v) is 18.9. The zero-order chi connectivity index (χ0) is 52.7. The number of hydrogen-bond donors (Lipinski definition) is 0. The van der Waals surface area contributed by atoms with Crippen molar-refractivity contribution in [2.75, 3.05) is 13.6 Å². The monoisotopic (exact) mass is 869 g/mol. The lowest BCUT2D eigenvalue weighted by Gasteiger charge is -2.44. The second kappa shape index (κ2) is 31.2. The van der Waals surface area contributed by atoms with Gasteiger partial charge in [-0.25, -0.2) is 0 Å². The number of rotatable bonds is 31. The first-order chi connectivity index (χ1) is 32.7. The Morgan fingerprint density at radius 1 is 0.574 bits per heavy atom. The summed E-state index contributed by atoms with van der Waals surface area (Å²) in [6.45, 7) is 1.32. The summed E-state index contributed by atoms with van der Waals surface area (Å²) in [5.41, 5.74) is 0. The summed E-state index contributed by atoms with van der Waals surface area (Å²) in [5, 5.41) is 0. The number of carbonyl (C=O) groups excluding carboxylic acids is 5. The van der Waals surface area contributed by atoms with Crippen LogP contribution in [-0.4, -0.2) is 94.3 Å². The Labute approximate surface area is 386 Å². The number of amides is 3. The van der Waals surface area contributed by atoms with Crippen LogP contribution in [0.15, 0.2) is 0 Å². The summed E-state index contributed by atoms with van der Waals surface area (Å²) < 4.78 is 76.8. The van der Waals surface area contributed by atoms with Crippen LogP contribution in [0, 0.1) is 11.8 Å². The number of carbonyl (C=O) groups is 5. The highest BCUT2D eigenvalue weighted by atomic mass is 16.5. The molecule has 2 aliphatic rings. The van der Waals surface area contributed by atoms with Crippen molar-refractivity contribution in [1.29, 1.82) is 0 Å². The quantitative estimate of drug-likeness (QED) is 0.0503. The van der Waals surface area contributed by atoms with Gasteiger partial charge in [0.25, 0.3) is 0 Å². The maximum absolute atomic E-state index is 12.6. The van der Waals surface area contributed by atoms with Gasteiger partial charge in [-0.15, -0.1) is 0 Å². The van der Waals surface area contributed by atoms with E-state index in [0.29, 0.717) is 44.1 Å². The molecule has 10 nitrogen and oxygen atoms in total. The van der Waals surface area contributed by atoms with Crippen LogP contribution in [0.2, 0.25) is 0 Å². The third-order valence-electron chi connectivity index (χ3n) is 13.9. The van der Waals surface area contributed by atoms with E-state index in [9.17, 15) is 24.0 Å². The highest BCUT2D eigenvalue weighted by molar-refractivity contribution is 5.75. The number of likely N-dealkylation sites (tertiary alicyclic amines) is 2. The maximum Gasteiger partial charge on any atom is 0.302 e. The van der Waals surface area contributed by atoms with Crippen LogP contribution in [0.5, 0.6) is 0 Å². The fourth-order valence-corrected chi connectivity index (χ4v) is 10.5. The van der Waals surface area contributed by atoms with Gasteiger partial charge < -0.3 is 24.2 Å². The highest BCUT2D eigenvalue weighted by Gasteiger charge is 2.38. The number of hydrogen-bond acceptors (Lipinski definition) is 7. The summed E-state index contributed by atoms with van der Waals surface area (Å²) in [4.78, 5) is 66.2. The van der Waals surface area contributed by atoms with E-state index in [4.69, 9.17) is 21.8 Å². The average Bonchev–Trinajstić information content (AvgIpc) is 3.26. The van der Waals surface area contributed by atoms with Crippen LogP contribution in [-0.2, 0) is 33.4 Å². The zero-order valence-corrected chi connectivity index (χ0v) is 39.3. The largest absolute Gasteiger partial charge is 0.460 e. The zero-order valence-electron chi connectivity index (χ0n) is 48.3. The van der Waals surface area contributed by atoms with Crippen LogP contribution in [0.1, 0.15) is 247 Å². The Hall–Kier alpha value is -2.65. The Balaban J connectivity index is 1.67. The summed E-state index contributed by atoms with van der Waals surface area (Å²) in [5.74, 6) is -2.13. The molecule has 2 fully saturated rings. The third-order valence-corrected chi connectivity index (χ3v) is 13.9. The van der Waals surface area contributed by atoms with Gasteiger partial charge in [-0.05, 0) is 77.0 Å². The molecule has 3 amide bonds. The molecule has 2 saturated heterocycles. The van der Waals surface area contributed by atoms with Gasteiger partial charge in [-0.2, -0.15) is 0 Å². The fraction of sp³-hybridized carbons (Fsp3) is 0.902. The lowest BCUT2D eigenvalue weighted by atomic mass is 9.85. The van der Waals surface area contributed by atoms with Gasteiger partial charge in [-0.1, -0.05) is 135 Å². The molecule has 0 aromatic heterocycles. The van der Waals surface area contributed by atoms with Crippen molar-refractivity contribution in [3.63, 3.8) is 0 Å². The Morgan fingerprint density at radius 3 is 1.38 bits per heavy atom. The normalized spacial score (nSPS) is 25.5. The first kappa shape index (κ1) is 41.1.